The molecule has 3 nitrogen and oxygen atoms in total. The van der Waals surface area contributed by atoms with Gasteiger partial charge in [0.25, 0.3) is 0 Å². The number of esters is 1. The molecule has 4 heteroatoms. The molecule has 1 atom stereocenters. The molecule has 0 aliphatic carbocycles. The van der Waals surface area contributed by atoms with Gasteiger partial charge >= 0.3 is 5.97 Å². The van der Waals surface area contributed by atoms with Crippen LogP contribution in [0.2, 0.25) is 0 Å². The summed E-state index contributed by atoms with van der Waals surface area (Å²) in [5.41, 5.74) is 1.19. The van der Waals surface area contributed by atoms with Crippen LogP contribution in [0.3, 0.4) is 0 Å². The topological polar surface area (TPSA) is 38.3 Å². The molecule has 0 radical (unpaired) electrons. The molecule has 1 rings (SSSR count). The molecular weight excluding hydrogens is 282 g/mol. The first-order chi connectivity index (χ1) is 8.15. The number of rotatable bonds is 6. The Morgan fingerprint density at radius 2 is 2.18 bits per heavy atom. The van der Waals surface area contributed by atoms with Crippen molar-refractivity contribution in [2.45, 2.75) is 26.3 Å². The summed E-state index contributed by atoms with van der Waals surface area (Å²) in [7, 11) is 0. The molecule has 1 aromatic carbocycles. The molecular formula is C13H18BrNO2. The highest BCUT2D eigenvalue weighted by atomic mass is 79.9. The number of ether oxygens (including phenoxy) is 1. The van der Waals surface area contributed by atoms with E-state index in [9.17, 15) is 4.79 Å². The molecule has 0 bridgehead atoms. The minimum atomic E-state index is -0.153. The number of carbonyl (C=O) groups is 1. The number of hydrogen-bond acceptors (Lipinski definition) is 3. The van der Waals surface area contributed by atoms with Crippen molar-refractivity contribution in [3.63, 3.8) is 0 Å². The van der Waals surface area contributed by atoms with Gasteiger partial charge < -0.3 is 10.1 Å². The summed E-state index contributed by atoms with van der Waals surface area (Å²) in [5.74, 6) is -0.153. The molecule has 0 aliphatic heterocycles. The summed E-state index contributed by atoms with van der Waals surface area (Å²) in [6.07, 6.45) is 0.405. The molecule has 0 unspecified atom stereocenters. The number of nitrogens with one attached hydrogen (secondary N) is 1. The zero-order chi connectivity index (χ0) is 12.7. The van der Waals surface area contributed by atoms with E-state index in [0.29, 0.717) is 19.6 Å². The predicted molar refractivity (Wildman–Crippen MR) is 71.8 cm³/mol. The summed E-state index contributed by atoms with van der Waals surface area (Å²) < 4.78 is 5.94. The van der Waals surface area contributed by atoms with Gasteiger partial charge in [-0.05, 0) is 25.5 Å². The van der Waals surface area contributed by atoms with Crippen LogP contribution in [0.4, 0.5) is 0 Å². The summed E-state index contributed by atoms with van der Waals surface area (Å²) in [6.45, 7) is 4.96. The smallest absolute Gasteiger partial charge is 0.307 e. The van der Waals surface area contributed by atoms with Crippen molar-refractivity contribution < 1.29 is 9.53 Å². The quantitative estimate of drug-likeness (QED) is 0.821. The largest absolute Gasteiger partial charge is 0.466 e. The Balaban J connectivity index is 2.38. The van der Waals surface area contributed by atoms with Gasteiger partial charge in [-0.1, -0.05) is 34.1 Å². The number of carbonyl (C=O) groups excluding carboxylic acids is 1. The lowest BCUT2D eigenvalue weighted by atomic mass is 10.1. The first kappa shape index (κ1) is 14.2. The molecule has 0 saturated heterocycles. The van der Waals surface area contributed by atoms with E-state index >= 15 is 0 Å². The van der Waals surface area contributed by atoms with E-state index in [-0.39, 0.29) is 12.0 Å². The highest BCUT2D eigenvalue weighted by molar-refractivity contribution is 9.10. The van der Waals surface area contributed by atoms with Gasteiger partial charge in [-0.2, -0.15) is 0 Å². The van der Waals surface area contributed by atoms with Gasteiger partial charge in [-0.15, -0.1) is 0 Å². The fourth-order valence-electron chi connectivity index (χ4n) is 1.56. The van der Waals surface area contributed by atoms with E-state index in [1.54, 1.807) is 0 Å². The van der Waals surface area contributed by atoms with Gasteiger partial charge in [0, 0.05) is 17.1 Å². The molecule has 0 saturated carbocycles. The van der Waals surface area contributed by atoms with E-state index in [1.165, 1.54) is 5.56 Å². The van der Waals surface area contributed by atoms with E-state index in [4.69, 9.17) is 4.74 Å². The third-order valence-electron chi connectivity index (χ3n) is 2.46. The molecule has 1 N–H and O–H groups in total. The van der Waals surface area contributed by atoms with Crippen molar-refractivity contribution >= 4 is 21.9 Å². The Labute approximate surface area is 111 Å². The fraction of sp³-hybridized carbons (Fsp3) is 0.462. The SMILES string of the molecule is CCOC(=O)CCN[C@@H](C)c1ccccc1Br. The third-order valence-corrected chi connectivity index (χ3v) is 3.18. The maximum absolute atomic E-state index is 11.2. The van der Waals surface area contributed by atoms with Crippen LogP contribution in [-0.2, 0) is 9.53 Å². The zero-order valence-corrected chi connectivity index (χ0v) is 11.8. The highest BCUT2D eigenvalue weighted by Crippen LogP contribution is 2.22. The highest BCUT2D eigenvalue weighted by Gasteiger charge is 2.08. The van der Waals surface area contributed by atoms with Crippen molar-refractivity contribution in [3.8, 4) is 0 Å². The molecule has 0 amide bonds. The van der Waals surface area contributed by atoms with E-state index in [1.807, 2.05) is 25.1 Å². The Hall–Kier alpha value is -0.870. The molecule has 1 aromatic rings. The van der Waals surface area contributed by atoms with Gasteiger partial charge in [0.05, 0.1) is 13.0 Å². The second-order valence-electron chi connectivity index (χ2n) is 3.75. The van der Waals surface area contributed by atoms with Gasteiger partial charge in [-0.25, -0.2) is 0 Å². The fourth-order valence-corrected chi connectivity index (χ4v) is 2.19. The first-order valence-corrected chi connectivity index (χ1v) is 6.58. The van der Waals surface area contributed by atoms with E-state index < -0.39 is 0 Å². The lowest BCUT2D eigenvalue weighted by Gasteiger charge is -2.15. The molecule has 0 aliphatic rings. The van der Waals surface area contributed by atoms with Crippen LogP contribution in [0.15, 0.2) is 28.7 Å². The molecule has 0 fully saturated rings. The molecule has 17 heavy (non-hydrogen) atoms. The van der Waals surface area contributed by atoms with Crippen molar-refractivity contribution in [1.82, 2.24) is 5.32 Å². The van der Waals surface area contributed by atoms with Crippen LogP contribution >= 0.6 is 15.9 Å². The van der Waals surface area contributed by atoms with E-state index in [2.05, 4.69) is 34.2 Å². The lowest BCUT2D eigenvalue weighted by Crippen LogP contribution is -2.23. The number of benzene rings is 1. The Bertz CT molecular complexity index is 368. The van der Waals surface area contributed by atoms with Crippen LogP contribution in [-0.4, -0.2) is 19.1 Å². The number of halogens is 1. The Morgan fingerprint density at radius 1 is 1.47 bits per heavy atom. The zero-order valence-electron chi connectivity index (χ0n) is 10.2. The first-order valence-electron chi connectivity index (χ1n) is 5.78. The average Bonchev–Trinajstić information content (AvgIpc) is 2.29. The molecule has 0 heterocycles. The molecule has 94 valence electrons. The van der Waals surface area contributed by atoms with Crippen LogP contribution in [0.5, 0.6) is 0 Å². The summed E-state index contributed by atoms with van der Waals surface area (Å²) >= 11 is 3.51. The van der Waals surface area contributed by atoms with Crippen LogP contribution in [0.25, 0.3) is 0 Å². The second kappa shape index (κ2) is 7.45. The van der Waals surface area contributed by atoms with Gasteiger partial charge in [-0.3, -0.25) is 4.79 Å². The van der Waals surface area contributed by atoms with Crippen molar-refractivity contribution in [3.05, 3.63) is 34.3 Å². The minimum absolute atomic E-state index is 0.153. The normalized spacial score (nSPS) is 12.2. The standard InChI is InChI=1S/C13H18BrNO2/c1-3-17-13(16)8-9-15-10(2)11-6-4-5-7-12(11)14/h4-7,10,15H,3,8-9H2,1-2H3/t10-/m0/s1. The van der Waals surface area contributed by atoms with Gasteiger partial charge in [0.15, 0.2) is 0 Å². The van der Waals surface area contributed by atoms with Crippen molar-refractivity contribution in [2.75, 3.05) is 13.2 Å². The summed E-state index contributed by atoms with van der Waals surface area (Å²) in [6, 6.07) is 8.27. The molecule has 0 spiro atoms. The van der Waals surface area contributed by atoms with Gasteiger partial charge in [0.1, 0.15) is 0 Å². The van der Waals surface area contributed by atoms with Crippen LogP contribution in [0.1, 0.15) is 31.9 Å². The Morgan fingerprint density at radius 3 is 2.82 bits per heavy atom. The molecule has 0 aromatic heterocycles. The second-order valence-corrected chi connectivity index (χ2v) is 4.61. The monoisotopic (exact) mass is 299 g/mol. The van der Waals surface area contributed by atoms with Crippen molar-refractivity contribution in [1.29, 1.82) is 0 Å². The maximum Gasteiger partial charge on any atom is 0.307 e. The summed E-state index contributed by atoms with van der Waals surface area (Å²) in [5, 5.41) is 3.30. The predicted octanol–water partition coefficient (Wildman–Crippen LogP) is 3.05. The lowest BCUT2D eigenvalue weighted by molar-refractivity contribution is -0.143. The average molecular weight is 300 g/mol. The van der Waals surface area contributed by atoms with Gasteiger partial charge in [0.2, 0.25) is 0 Å². The van der Waals surface area contributed by atoms with Crippen LogP contribution in [0, 0.1) is 0 Å². The van der Waals surface area contributed by atoms with Crippen LogP contribution < -0.4 is 5.32 Å². The summed E-state index contributed by atoms with van der Waals surface area (Å²) in [4.78, 5) is 11.2. The maximum atomic E-state index is 11.2. The Kier molecular flexibility index (Phi) is 6.22. The van der Waals surface area contributed by atoms with Crippen molar-refractivity contribution in [2.24, 2.45) is 0 Å². The van der Waals surface area contributed by atoms with E-state index in [0.717, 1.165) is 4.47 Å². The third kappa shape index (κ3) is 4.88. The minimum Gasteiger partial charge on any atom is -0.466 e. The number of hydrogen-bond donors (Lipinski definition) is 1.